The smallest absolute Gasteiger partial charge is 0.270 e. The first-order valence-corrected chi connectivity index (χ1v) is 7.34. The van der Waals surface area contributed by atoms with E-state index in [1.165, 1.54) is 6.21 Å². The second-order valence-corrected chi connectivity index (χ2v) is 5.01. The summed E-state index contributed by atoms with van der Waals surface area (Å²) in [6.45, 7) is 1.81. The maximum atomic E-state index is 11.9. The molecule has 0 saturated heterocycles. The number of nitro groups is 1. The van der Waals surface area contributed by atoms with Crippen LogP contribution in [0.3, 0.4) is 0 Å². The first kappa shape index (κ1) is 17.1. The summed E-state index contributed by atoms with van der Waals surface area (Å²) in [6, 6.07) is 10.8. The van der Waals surface area contributed by atoms with Gasteiger partial charge >= 0.3 is 0 Å². The molecule has 0 atom stereocenters. The van der Waals surface area contributed by atoms with Crippen molar-refractivity contribution in [1.82, 2.24) is 0 Å². The molecule has 0 aliphatic rings. The average Bonchev–Trinajstić information content (AvgIpc) is 2.56. The summed E-state index contributed by atoms with van der Waals surface area (Å²) < 4.78 is 0. The van der Waals surface area contributed by atoms with Gasteiger partial charge in [0, 0.05) is 24.0 Å². The largest absolute Gasteiger partial charge is 0.872 e. The fourth-order valence-electron chi connectivity index (χ4n) is 2.12. The van der Waals surface area contributed by atoms with Gasteiger partial charge in [0.05, 0.1) is 4.92 Å². The lowest BCUT2D eigenvalue weighted by molar-refractivity contribution is -0.385. The molecule has 7 nitrogen and oxygen atoms in total. The highest BCUT2D eigenvalue weighted by Gasteiger charge is 2.06. The molecule has 0 aliphatic heterocycles. The molecule has 0 unspecified atom stereocenters. The molecule has 2 rings (SSSR count). The van der Waals surface area contributed by atoms with Gasteiger partial charge in [0.25, 0.3) is 5.69 Å². The summed E-state index contributed by atoms with van der Waals surface area (Å²) in [7, 11) is 0. The van der Waals surface area contributed by atoms with Crippen LogP contribution < -0.4 is 10.4 Å². The predicted octanol–water partition coefficient (Wildman–Crippen LogP) is 2.29. The van der Waals surface area contributed by atoms with E-state index in [2.05, 4.69) is 10.3 Å². The Balaban J connectivity index is 2.02. The van der Waals surface area contributed by atoms with Crippen molar-refractivity contribution in [3.63, 3.8) is 0 Å². The number of para-hydroxylation sites is 1. The molecule has 0 bridgehead atoms. The highest BCUT2D eigenvalue weighted by molar-refractivity contribution is 5.94. The van der Waals surface area contributed by atoms with Crippen molar-refractivity contribution in [2.45, 2.75) is 13.3 Å². The predicted molar refractivity (Wildman–Crippen MR) is 89.5 cm³/mol. The van der Waals surface area contributed by atoms with Crippen LogP contribution in [0.2, 0.25) is 0 Å². The number of non-ortho nitro benzene ring substituents is 1. The van der Waals surface area contributed by atoms with Crippen LogP contribution in [0.1, 0.15) is 18.1 Å². The van der Waals surface area contributed by atoms with Crippen molar-refractivity contribution >= 4 is 23.5 Å². The maximum absolute atomic E-state index is 11.9. The molecule has 0 saturated carbocycles. The zero-order valence-corrected chi connectivity index (χ0v) is 13.1. The van der Waals surface area contributed by atoms with E-state index in [0.29, 0.717) is 0 Å². The number of aryl methyl sites for hydroxylation is 1. The summed E-state index contributed by atoms with van der Waals surface area (Å²) in [5, 5.41) is 25.1. The minimum Gasteiger partial charge on any atom is -0.872 e. The quantitative estimate of drug-likeness (QED) is 0.499. The van der Waals surface area contributed by atoms with Crippen molar-refractivity contribution in [1.29, 1.82) is 0 Å². The molecule has 1 amide bonds. The number of aliphatic imine (C=N–C) groups is 1. The number of nitrogens with zero attached hydrogens (tertiary/aromatic N) is 2. The van der Waals surface area contributed by atoms with E-state index in [1.54, 1.807) is 6.07 Å². The number of nitro benzene ring substituents is 1. The SMILES string of the molecule is CCc1ccccc1NC(=O)CN=Cc1cc([N+](=O)[O-])ccc1[O-]. The number of rotatable bonds is 6. The van der Waals surface area contributed by atoms with Gasteiger partial charge in [-0.15, -0.1) is 0 Å². The minimum absolute atomic E-state index is 0.0750. The molecule has 0 aromatic heterocycles. The Morgan fingerprint density at radius 1 is 1.29 bits per heavy atom. The van der Waals surface area contributed by atoms with Crippen LogP contribution in [0.25, 0.3) is 0 Å². The van der Waals surface area contributed by atoms with Gasteiger partial charge in [0.2, 0.25) is 5.91 Å². The Labute approximate surface area is 138 Å². The van der Waals surface area contributed by atoms with E-state index in [9.17, 15) is 20.0 Å². The average molecular weight is 326 g/mol. The van der Waals surface area contributed by atoms with Crippen LogP contribution in [-0.4, -0.2) is 23.6 Å². The van der Waals surface area contributed by atoms with E-state index in [4.69, 9.17) is 0 Å². The van der Waals surface area contributed by atoms with Crippen LogP contribution in [0.5, 0.6) is 5.75 Å². The third kappa shape index (κ3) is 4.39. The second-order valence-electron chi connectivity index (χ2n) is 5.01. The molecular weight excluding hydrogens is 310 g/mol. The van der Waals surface area contributed by atoms with Gasteiger partial charge in [-0.25, -0.2) is 0 Å². The summed E-state index contributed by atoms with van der Waals surface area (Å²) in [4.78, 5) is 25.9. The third-order valence-electron chi connectivity index (χ3n) is 3.34. The Hall–Kier alpha value is -3.22. The zero-order valence-electron chi connectivity index (χ0n) is 13.1. The van der Waals surface area contributed by atoms with Crippen LogP contribution in [0, 0.1) is 10.1 Å². The highest BCUT2D eigenvalue weighted by Crippen LogP contribution is 2.19. The Morgan fingerprint density at radius 3 is 2.75 bits per heavy atom. The molecule has 2 aromatic rings. The normalized spacial score (nSPS) is 10.7. The first-order valence-electron chi connectivity index (χ1n) is 7.34. The van der Waals surface area contributed by atoms with E-state index in [0.717, 1.165) is 35.9 Å². The standard InChI is InChI=1S/C17H17N3O4/c1-2-12-5-3-4-6-15(12)19-17(22)11-18-10-13-9-14(20(23)24)7-8-16(13)21/h3-10,21H,2,11H2,1H3,(H,19,22)/p-1. The Bertz CT molecular complexity index is 787. The summed E-state index contributed by atoms with van der Waals surface area (Å²) in [6.07, 6.45) is 1.97. The molecule has 0 fully saturated rings. The summed E-state index contributed by atoms with van der Waals surface area (Å²) in [5.41, 5.74) is 1.61. The molecule has 0 heterocycles. The highest BCUT2D eigenvalue weighted by atomic mass is 16.6. The molecule has 0 spiro atoms. The lowest BCUT2D eigenvalue weighted by Gasteiger charge is -2.09. The number of hydrogen-bond donors (Lipinski definition) is 1. The Morgan fingerprint density at radius 2 is 2.04 bits per heavy atom. The van der Waals surface area contributed by atoms with E-state index in [-0.39, 0.29) is 29.5 Å². The third-order valence-corrected chi connectivity index (χ3v) is 3.34. The molecule has 2 aromatic carbocycles. The molecule has 24 heavy (non-hydrogen) atoms. The fourth-order valence-corrected chi connectivity index (χ4v) is 2.12. The molecule has 0 aliphatic carbocycles. The topological polar surface area (TPSA) is 108 Å². The molecule has 7 heteroatoms. The van der Waals surface area contributed by atoms with Gasteiger partial charge in [0.15, 0.2) is 0 Å². The number of hydrogen-bond acceptors (Lipinski definition) is 5. The molecular formula is C17H16N3O4-. The monoisotopic (exact) mass is 326 g/mol. The number of carbonyl (C=O) groups is 1. The van der Waals surface area contributed by atoms with Crippen molar-refractivity contribution < 1.29 is 14.8 Å². The van der Waals surface area contributed by atoms with Gasteiger partial charge < -0.3 is 10.4 Å². The van der Waals surface area contributed by atoms with Crippen LogP contribution in [0.15, 0.2) is 47.5 Å². The van der Waals surface area contributed by atoms with Crippen molar-refractivity contribution in [3.05, 3.63) is 63.7 Å². The van der Waals surface area contributed by atoms with Gasteiger partial charge in [-0.05, 0) is 23.6 Å². The maximum Gasteiger partial charge on any atom is 0.270 e. The lowest BCUT2D eigenvalue weighted by Crippen LogP contribution is -2.16. The second kappa shape index (κ2) is 7.87. The van der Waals surface area contributed by atoms with Crippen LogP contribution in [-0.2, 0) is 11.2 Å². The Kier molecular flexibility index (Phi) is 5.62. The van der Waals surface area contributed by atoms with Gasteiger partial charge in [0.1, 0.15) is 6.54 Å². The van der Waals surface area contributed by atoms with Crippen LogP contribution >= 0.6 is 0 Å². The summed E-state index contributed by atoms with van der Waals surface area (Å²) >= 11 is 0. The van der Waals surface area contributed by atoms with Gasteiger partial charge in [-0.2, -0.15) is 0 Å². The molecule has 1 N–H and O–H groups in total. The van der Waals surface area contributed by atoms with Crippen molar-refractivity contribution in [3.8, 4) is 5.75 Å². The molecule has 124 valence electrons. The van der Waals surface area contributed by atoms with E-state index in [1.807, 2.05) is 25.1 Å². The zero-order chi connectivity index (χ0) is 17.5. The van der Waals surface area contributed by atoms with E-state index >= 15 is 0 Å². The number of amides is 1. The number of carbonyl (C=O) groups excluding carboxylic acids is 1. The number of nitrogens with one attached hydrogen (secondary N) is 1. The molecule has 0 radical (unpaired) electrons. The lowest BCUT2D eigenvalue weighted by atomic mass is 10.1. The first-order chi connectivity index (χ1) is 11.5. The van der Waals surface area contributed by atoms with E-state index < -0.39 is 4.92 Å². The van der Waals surface area contributed by atoms with Crippen molar-refractivity contribution in [2.75, 3.05) is 11.9 Å². The van der Waals surface area contributed by atoms with Gasteiger partial charge in [-0.3, -0.25) is 19.9 Å². The minimum atomic E-state index is -0.592. The summed E-state index contributed by atoms with van der Waals surface area (Å²) in [5.74, 6) is -0.717. The number of anilines is 1. The van der Waals surface area contributed by atoms with Crippen LogP contribution in [0.4, 0.5) is 11.4 Å². The van der Waals surface area contributed by atoms with Gasteiger partial charge in [-0.1, -0.05) is 36.9 Å². The fraction of sp³-hybridized carbons (Fsp3) is 0.176. The number of benzene rings is 2. The van der Waals surface area contributed by atoms with Crippen molar-refractivity contribution in [2.24, 2.45) is 4.99 Å².